The first-order valence-electron chi connectivity index (χ1n) is 11.4. The quantitative estimate of drug-likeness (QED) is 0.245. The highest BCUT2D eigenvalue weighted by atomic mass is 35.5. The van der Waals surface area contributed by atoms with Gasteiger partial charge in [0.15, 0.2) is 0 Å². The van der Waals surface area contributed by atoms with E-state index in [9.17, 15) is 33.1 Å². The maximum atomic E-state index is 13.4. The van der Waals surface area contributed by atoms with Gasteiger partial charge < -0.3 is 15.0 Å². The summed E-state index contributed by atoms with van der Waals surface area (Å²) in [4.78, 5) is 29.5. The number of rotatable bonds is 5. The predicted octanol–water partition coefficient (Wildman–Crippen LogP) is 7.54. The van der Waals surface area contributed by atoms with Gasteiger partial charge in [0.2, 0.25) is 0 Å². The Bertz CT molecular complexity index is 1750. The van der Waals surface area contributed by atoms with Crippen LogP contribution < -0.4 is 5.56 Å². The van der Waals surface area contributed by atoms with Gasteiger partial charge in [0.1, 0.15) is 17.4 Å². The molecule has 4 rings (SSSR count). The van der Waals surface area contributed by atoms with Gasteiger partial charge >= 0.3 is 6.18 Å². The van der Waals surface area contributed by atoms with Crippen LogP contribution in [0.15, 0.2) is 65.5 Å². The largest absolute Gasteiger partial charge is 0.507 e. The minimum absolute atomic E-state index is 0.00651. The van der Waals surface area contributed by atoms with Crippen LogP contribution in [0.4, 0.5) is 13.2 Å². The highest BCUT2D eigenvalue weighted by Crippen LogP contribution is 2.40. The molecule has 1 heterocycles. The van der Waals surface area contributed by atoms with E-state index in [1.165, 1.54) is 30.1 Å². The highest BCUT2D eigenvalue weighted by molar-refractivity contribution is 6.34. The minimum atomic E-state index is -4.70. The Morgan fingerprint density at radius 2 is 1.70 bits per heavy atom. The molecule has 1 amide bonds. The topological polar surface area (TPSA) is 97.2 Å². The Labute approximate surface area is 240 Å². The fourth-order valence-corrected chi connectivity index (χ4v) is 4.76. The van der Waals surface area contributed by atoms with Crippen LogP contribution in [0.3, 0.4) is 0 Å². The molecule has 0 aliphatic rings. The third kappa shape index (κ3) is 5.80. The van der Waals surface area contributed by atoms with Crippen molar-refractivity contribution >= 4 is 40.7 Å². The number of nitrogens with one attached hydrogen (secondary N) is 1. The fraction of sp³-hybridized carbons (Fsp3) is 0.107. The normalized spacial score (nSPS) is 11.2. The first kappa shape index (κ1) is 29.0. The number of nitrogens with zero attached hydrogens (tertiary/aromatic N) is 2. The summed E-state index contributed by atoms with van der Waals surface area (Å²) in [7, 11) is 1.49. The van der Waals surface area contributed by atoms with Crippen molar-refractivity contribution in [2.45, 2.75) is 12.7 Å². The second-order valence-corrected chi connectivity index (χ2v) is 9.96. The second kappa shape index (κ2) is 11.3. The number of phenolic OH excluding ortho intramolecular Hbond substituents is 1. The molecule has 0 fully saturated rings. The minimum Gasteiger partial charge on any atom is -0.507 e. The summed E-state index contributed by atoms with van der Waals surface area (Å²) >= 11 is 18.6. The van der Waals surface area contributed by atoms with E-state index < -0.39 is 28.8 Å². The maximum absolute atomic E-state index is 13.4. The van der Waals surface area contributed by atoms with Crippen molar-refractivity contribution in [1.29, 1.82) is 5.26 Å². The molecule has 0 aliphatic carbocycles. The molecule has 3 aromatic carbocycles. The first-order chi connectivity index (χ1) is 18.8. The predicted molar refractivity (Wildman–Crippen MR) is 147 cm³/mol. The molecule has 0 radical (unpaired) electrons. The monoisotopic (exact) mass is 605 g/mol. The molecule has 2 N–H and O–H groups in total. The summed E-state index contributed by atoms with van der Waals surface area (Å²) in [5.41, 5.74) is -2.40. The van der Waals surface area contributed by atoms with Crippen LogP contribution in [0.5, 0.6) is 5.75 Å². The highest BCUT2D eigenvalue weighted by Gasteiger charge is 2.31. The molecule has 0 saturated heterocycles. The molecule has 0 saturated carbocycles. The van der Waals surface area contributed by atoms with Gasteiger partial charge in [0.25, 0.3) is 11.5 Å². The first-order valence-corrected chi connectivity index (χ1v) is 12.5. The van der Waals surface area contributed by atoms with E-state index in [1.54, 1.807) is 30.3 Å². The molecule has 0 aliphatic heterocycles. The van der Waals surface area contributed by atoms with Crippen LogP contribution in [0.25, 0.3) is 22.4 Å². The summed E-state index contributed by atoms with van der Waals surface area (Å²) < 4.78 is 40.2. The number of hydrogen-bond acceptors (Lipinski definition) is 4. The summed E-state index contributed by atoms with van der Waals surface area (Å²) in [6.45, 7) is -0.115. The Kier molecular flexibility index (Phi) is 8.17. The number of nitriles is 1. The van der Waals surface area contributed by atoms with Gasteiger partial charge in [-0.3, -0.25) is 9.59 Å². The molecule has 0 spiro atoms. The Balaban J connectivity index is 1.82. The zero-order valence-corrected chi connectivity index (χ0v) is 22.7. The lowest BCUT2D eigenvalue weighted by Gasteiger charge is -2.20. The summed E-state index contributed by atoms with van der Waals surface area (Å²) in [6, 6.07) is 14.6. The zero-order valence-electron chi connectivity index (χ0n) is 20.4. The van der Waals surface area contributed by atoms with Crippen LogP contribution in [0.2, 0.25) is 15.1 Å². The van der Waals surface area contributed by atoms with Crippen molar-refractivity contribution in [3.63, 3.8) is 0 Å². The number of aromatic nitrogens is 1. The molecule has 40 heavy (non-hydrogen) atoms. The third-order valence-corrected chi connectivity index (χ3v) is 6.91. The molecule has 204 valence electrons. The van der Waals surface area contributed by atoms with E-state index in [-0.39, 0.29) is 60.9 Å². The molecule has 6 nitrogen and oxygen atoms in total. The van der Waals surface area contributed by atoms with Gasteiger partial charge in [-0.1, -0.05) is 46.9 Å². The van der Waals surface area contributed by atoms with Crippen molar-refractivity contribution in [3.8, 4) is 34.2 Å². The van der Waals surface area contributed by atoms with Gasteiger partial charge in [-0.05, 0) is 48.5 Å². The Hall–Kier alpha value is -3.97. The third-order valence-electron chi connectivity index (χ3n) is 6.03. The molecule has 1 aromatic heterocycles. The number of alkyl halides is 3. The average molecular weight is 607 g/mol. The Morgan fingerprint density at radius 1 is 1.00 bits per heavy atom. The van der Waals surface area contributed by atoms with Gasteiger partial charge in [0.05, 0.1) is 21.8 Å². The van der Waals surface area contributed by atoms with E-state index >= 15 is 0 Å². The van der Waals surface area contributed by atoms with E-state index in [1.807, 2.05) is 0 Å². The van der Waals surface area contributed by atoms with Crippen molar-refractivity contribution in [2.24, 2.45) is 0 Å². The van der Waals surface area contributed by atoms with Gasteiger partial charge in [-0.2, -0.15) is 18.4 Å². The van der Waals surface area contributed by atoms with Crippen LogP contribution in [0.1, 0.15) is 27.0 Å². The standard InChI is InChI=1S/C28H17Cl3F3N3O3/c1-37(27(40)17-4-2-3-5-22(17)30)13-14-8-16(29)10-20(25(14)38)24-11-18(21(12-35)26(39)36-24)19-9-15(28(32,33)34)6-7-23(19)31/h2-11,38H,13H2,1H3,(H,36,39). The van der Waals surface area contributed by atoms with Crippen molar-refractivity contribution in [3.05, 3.63) is 108 Å². The fourth-order valence-electron chi connectivity index (χ4n) is 4.09. The lowest BCUT2D eigenvalue weighted by atomic mass is 9.96. The number of benzene rings is 3. The summed E-state index contributed by atoms with van der Waals surface area (Å²) in [6.07, 6.45) is -4.70. The lowest BCUT2D eigenvalue weighted by Crippen LogP contribution is -2.26. The molecule has 4 aromatic rings. The number of halogens is 6. The zero-order chi connectivity index (χ0) is 29.4. The van der Waals surface area contributed by atoms with Gasteiger partial charge in [-0.25, -0.2) is 0 Å². The van der Waals surface area contributed by atoms with Crippen LogP contribution in [-0.4, -0.2) is 27.9 Å². The molecule has 0 atom stereocenters. The number of aromatic amines is 1. The molecule has 12 heteroatoms. The molecule has 0 bridgehead atoms. The number of carbonyl (C=O) groups excluding carboxylic acids is 1. The van der Waals surface area contributed by atoms with Gasteiger partial charge in [-0.15, -0.1) is 0 Å². The maximum Gasteiger partial charge on any atom is 0.416 e. The van der Waals surface area contributed by atoms with Crippen molar-refractivity contribution in [1.82, 2.24) is 9.88 Å². The second-order valence-electron chi connectivity index (χ2n) is 8.71. The molecular weight excluding hydrogens is 590 g/mol. The number of hydrogen-bond donors (Lipinski definition) is 2. The number of aromatic hydroxyl groups is 1. The van der Waals surface area contributed by atoms with Crippen molar-refractivity contribution < 1.29 is 23.1 Å². The van der Waals surface area contributed by atoms with E-state index in [2.05, 4.69) is 4.98 Å². The Morgan fingerprint density at radius 3 is 2.35 bits per heavy atom. The van der Waals surface area contributed by atoms with Crippen LogP contribution in [0, 0.1) is 11.3 Å². The molecule has 0 unspecified atom stereocenters. The van der Waals surface area contributed by atoms with E-state index in [0.29, 0.717) is 0 Å². The SMILES string of the molecule is CN(Cc1cc(Cl)cc(-c2cc(-c3cc(C(F)(F)F)ccc3Cl)c(C#N)c(=O)[nH]2)c1O)C(=O)c1ccccc1Cl. The number of amides is 1. The van der Waals surface area contributed by atoms with E-state index in [4.69, 9.17) is 34.8 Å². The smallest absolute Gasteiger partial charge is 0.416 e. The van der Waals surface area contributed by atoms with Gasteiger partial charge in [0, 0.05) is 45.9 Å². The summed E-state index contributed by atoms with van der Waals surface area (Å²) in [5, 5.41) is 21.0. The number of pyridine rings is 1. The average Bonchev–Trinajstić information content (AvgIpc) is 2.89. The number of carbonyl (C=O) groups is 1. The van der Waals surface area contributed by atoms with Crippen LogP contribution in [-0.2, 0) is 12.7 Å². The summed E-state index contributed by atoms with van der Waals surface area (Å²) in [5.74, 6) is -0.788. The lowest BCUT2D eigenvalue weighted by molar-refractivity contribution is -0.137. The van der Waals surface area contributed by atoms with Crippen LogP contribution >= 0.6 is 34.8 Å². The van der Waals surface area contributed by atoms with Crippen molar-refractivity contribution in [2.75, 3.05) is 7.05 Å². The number of H-pyrrole nitrogens is 1. The number of phenols is 1. The molecular formula is C28H17Cl3F3N3O3. The van der Waals surface area contributed by atoms with E-state index in [0.717, 1.165) is 18.2 Å².